The highest BCUT2D eigenvalue weighted by molar-refractivity contribution is 7.90. The SMILES string of the molecule is COC(=O)c1ccccc1NC(=O)O[C@@H]1C[C@@H](C(N)=O)N(C(=O)[C@H](CCCOC/C=C\[C@@H]2C[C@@H]2C(=O)NS(=O)(=O)C2CC2)NC(=O)OC(C)(C)C)C1. The molecule has 5 N–H and O–H groups in total. The Morgan fingerprint density at radius 3 is 2.42 bits per heavy atom. The molecule has 2 saturated carbocycles. The van der Waals surface area contributed by atoms with E-state index in [1.807, 2.05) is 0 Å². The van der Waals surface area contributed by atoms with Gasteiger partial charge in [0, 0.05) is 18.9 Å². The molecule has 1 aliphatic heterocycles. The lowest BCUT2D eigenvalue weighted by Gasteiger charge is -2.28. The molecule has 52 heavy (non-hydrogen) atoms. The van der Waals surface area contributed by atoms with Crippen molar-refractivity contribution in [2.45, 2.75) is 88.3 Å². The van der Waals surface area contributed by atoms with Crippen LogP contribution in [0.4, 0.5) is 15.3 Å². The zero-order chi connectivity index (χ0) is 38.2. The molecule has 0 bridgehead atoms. The minimum absolute atomic E-state index is 0.0775. The van der Waals surface area contributed by atoms with E-state index in [4.69, 9.17) is 24.7 Å². The summed E-state index contributed by atoms with van der Waals surface area (Å²) >= 11 is 0. The monoisotopic (exact) mass is 749 g/mol. The van der Waals surface area contributed by atoms with Crippen LogP contribution in [0, 0.1) is 11.8 Å². The average Bonchev–Trinajstić information content (AvgIpc) is 3.99. The largest absolute Gasteiger partial charge is 0.465 e. The second-order valence-corrected chi connectivity index (χ2v) is 15.9. The first-order valence-electron chi connectivity index (χ1n) is 17.0. The zero-order valence-electron chi connectivity index (χ0n) is 29.6. The number of esters is 1. The van der Waals surface area contributed by atoms with Crippen LogP contribution < -0.4 is 21.1 Å². The fraction of sp³-hybridized carbons (Fsp3) is 0.588. The Hall–Kier alpha value is -4.71. The van der Waals surface area contributed by atoms with Crippen molar-refractivity contribution in [3.63, 3.8) is 0 Å². The van der Waals surface area contributed by atoms with Crippen LogP contribution in [0.2, 0.25) is 0 Å². The van der Waals surface area contributed by atoms with E-state index in [0.717, 1.165) is 4.90 Å². The summed E-state index contributed by atoms with van der Waals surface area (Å²) in [7, 11) is -2.38. The Morgan fingerprint density at radius 2 is 1.77 bits per heavy atom. The van der Waals surface area contributed by atoms with Gasteiger partial charge in [-0.15, -0.1) is 0 Å². The number of nitrogens with zero attached hydrogens (tertiary/aromatic N) is 1. The number of hydrogen-bond acceptors (Lipinski definition) is 12. The van der Waals surface area contributed by atoms with E-state index in [1.54, 1.807) is 45.1 Å². The Bertz CT molecular complexity index is 1660. The number of nitrogens with one attached hydrogen (secondary N) is 3. The molecule has 17 nitrogen and oxygen atoms in total. The van der Waals surface area contributed by atoms with Gasteiger partial charge in [0.1, 0.15) is 23.8 Å². The molecule has 1 aromatic carbocycles. The highest BCUT2D eigenvalue weighted by atomic mass is 32.2. The fourth-order valence-electron chi connectivity index (χ4n) is 5.65. The molecule has 1 heterocycles. The van der Waals surface area contributed by atoms with E-state index in [9.17, 15) is 37.2 Å². The molecule has 2 aliphatic carbocycles. The number of carbonyl (C=O) groups is 6. The van der Waals surface area contributed by atoms with Gasteiger partial charge >= 0.3 is 18.2 Å². The minimum atomic E-state index is -3.58. The van der Waals surface area contributed by atoms with Crippen molar-refractivity contribution in [2.75, 3.05) is 32.2 Å². The summed E-state index contributed by atoms with van der Waals surface area (Å²) in [5, 5.41) is 4.58. The first kappa shape index (κ1) is 40.1. The van der Waals surface area contributed by atoms with Crippen LogP contribution in [0.25, 0.3) is 0 Å². The first-order chi connectivity index (χ1) is 24.5. The van der Waals surface area contributed by atoms with Gasteiger partial charge in [-0.3, -0.25) is 24.4 Å². The predicted molar refractivity (Wildman–Crippen MR) is 185 cm³/mol. The second-order valence-electron chi connectivity index (χ2n) is 13.9. The fourth-order valence-corrected chi connectivity index (χ4v) is 7.01. The van der Waals surface area contributed by atoms with E-state index in [0.29, 0.717) is 25.7 Å². The molecule has 5 atom stereocenters. The van der Waals surface area contributed by atoms with E-state index in [1.165, 1.54) is 19.2 Å². The molecular weight excluding hydrogens is 702 g/mol. The number of hydrogen-bond donors (Lipinski definition) is 4. The Labute approximate surface area is 302 Å². The lowest BCUT2D eigenvalue weighted by molar-refractivity contribution is -0.139. The van der Waals surface area contributed by atoms with Crippen LogP contribution in [0.1, 0.15) is 69.7 Å². The number of amides is 5. The molecule has 0 spiro atoms. The molecule has 3 fully saturated rings. The number of anilines is 1. The summed E-state index contributed by atoms with van der Waals surface area (Å²) in [4.78, 5) is 77.2. The van der Waals surface area contributed by atoms with E-state index < -0.39 is 80.9 Å². The summed E-state index contributed by atoms with van der Waals surface area (Å²) in [6.07, 6.45) is 2.81. The number of nitrogens with two attached hydrogens (primary N) is 1. The van der Waals surface area contributed by atoms with E-state index >= 15 is 0 Å². The number of alkyl carbamates (subject to hydrolysis) is 1. The topological polar surface area (TPSA) is 239 Å². The second kappa shape index (κ2) is 17.2. The summed E-state index contributed by atoms with van der Waals surface area (Å²) in [6.45, 7) is 5.19. The van der Waals surface area contributed by atoms with Gasteiger partial charge in [-0.1, -0.05) is 24.3 Å². The Kier molecular flexibility index (Phi) is 13.3. The zero-order valence-corrected chi connectivity index (χ0v) is 30.4. The van der Waals surface area contributed by atoms with Gasteiger partial charge in [-0.05, 0) is 70.9 Å². The van der Waals surface area contributed by atoms with Crippen LogP contribution in [0.5, 0.6) is 0 Å². The molecule has 0 aromatic heterocycles. The number of allylic oxidation sites excluding steroid dienone is 1. The minimum Gasteiger partial charge on any atom is -0.465 e. The summed E-state index contributed by atoms with van der Waals surface area (Å²) in [6, 6.07) is 3.84. The molecule has 4 rings (SSSR count). The summed E-state index contributed by atoms with van der Waals surface area (Å²) in [5.74, 6) is -3.11. The molecule has 18 heteroatoms. The lowest BCUT2D eigenvalue weighted by Crippen LogP contribution is -2.53. The average molecular weight is 750 g/mol. The maximum absolute atomic E-state index is 13.8. The van der Waals surface area contributed by atoms with Crippen LogP contribution in [0.3, 0.4) is 0 Å². The number of methoxy groups -OCH3 is 1. The Balaban J connectivity index is 1.30. The van der Waals surface area contributed by atoms with Crippen LogP contribution in [0.15, 0.2) is 36.4 Å². The predicted octanol–water partition coefficient (Wildman–Crippen LogP) is 1.97. The number of ether oxygens (including phenoxy) is 4. The summed E-state index contributed by atoms with van der Waals surface area (Å²) in [5.41, 5.74) is 5.00. The molecule has 3 aliphatic rings. The molecule has 1 aromatic rings. The molecule has 1 saturated heterocycles. The van der Waals surface area contributed by atoms with Gasteiger partial charge < -0.3 is 34.9 Å². The van der Waals surface area contributed by atoms with Gasteiger partial charge in [0.2, 0.25) is 27.7 Å². The van der Waals surface area contributed by atoms with E-state index in [2.05, 4.69) is 15.4 Å². The number of likely N-dealkylation sites (tertiary alicyclic amines) is 1. The van der Waals surface area contributed by atoms with Gasteiger partial charge in [-0.25, -0.2) is 22.8 Å². The Morgan fingerprint density at radius 1 is 1.06 bits per heavy atom. The van der Waals surface area contributed by atoms with Crippen molar-refractivity contribution in [3.8, 4) is 0 Å². The normalized spacial score (nSPS) is 21.9. The molecule has 286 valence electrons. The van der Waals surface area contributed by atoms with Gasteiger partial charge in [0.25, 0.3) is 0 Å². The van der Waals surface area contributed by atoms with Crippen molar-refractivity contribution in [2.24, 2.45) is 17.6 Å². The maximum Gasteiger partial charge on any atom is 0.411 e. The van der Waals surface area contributed by atoms with Crippen molar-refractivity contribution in [1.82, 2.24) is 14.9 Å². The van der Waals surface area contributed by atoms with Crippen molar-refractivity contribution < 1.29 is 56.1 Å². The quantitative estimate of drug-likeness (QED) is 0.0821. The van der Waals surface area contributed by atoms with Gasteiger partial charge in [0.05, 0.1) is 36.8 Å². The highest BCUT2D eigenvalue weighted by Crippen LogP contribution is 2.40. The number of para-hydroxylation sites is 1. The third kappa shape index (κ3) is 11.7. The first-order valence-corrected chi connectivity index (χ1v) is 18.6. The van der Waals surface area contributed by atoms with Crippen molar-refractivity contribution >= 4 is 51.6 Å². The van der Waals surface area contributed by atoms with Crippen LogP contribution in [-0.4, -0.2) is 105 Å². The van der Waals surface area contributed by atoms with Crippen LogP contribution in [-0.2, 0) is 43.4 Å². The van der Waals surface area contributed by atoms with Crippen molar-refractivity contribution in [3.05, 3.63) is 42.0 Å². The smallest absolute Gasteiger partial charge is 0.411 e. The number of primary amides is 1. The maximum atomic E-state index is 13.8. The number of carbonyl (C=O) groups excluding carboxylic acids is 6. The molecular formula is C34H47N5O12S. The number of rotatable bonds is 16. The molecule has 0 unspecified atom stereocenters. The number of benzene rings is 1. The highest BCUT2D eigenvalue weighted by Gasteiger charge is 2.45. The lowest BCUT2D eigenvalue weighted by atomic mass is 10.1. The van der Waals surface area contributed by atoms with Crippen LogP contribution >= 0.6 is 0 Å². The third-order valence-corrected chi connectivity index (χ3v) is 10.3. The third-order valence-electron chi connectivity index (χ3n) is 8.47. The van der Waals surface area contributed by atoms with Gasteiger partial charge in [0.15, 0.2) is 0 Å². The standard InChI is InChI=1S/C34H47N5O12S/c1-34(2,3)51-33(45)37-26(12-8-16-49-15-7-9-20-17-24(20)29(41)38-52(46,47)22-13-14-22)30(42)39-19-21(18-27(39)28(35)40)50-32(44)36-25-11-6-5-10-23(25)31(43)48-4/h5-7,9-11,20-22,24,26-27H,8,12-19H2,1-4H3,(H2,35,40)(H,36,44)(H,37,45)(H,38,41)/b9-7-/t20-,21-,24+,26+,27+/m1/s1. The summed E-state index contributed by atoms with van der Waals surface area (Å²) < 4.78 is 47.4. The van der Waals surface area contributed by atoms with Gasteiger partial charge in [-0.2, -0.15) is 0 Å². The number of sulfonamides is 1. The molecule has 0 radical (unpaired) electrons. The van der Waals surface area contributed by atoms with E-state index in [-0.39, 0.29) is 49.8 Å². The molecule has 5 amide bonds. The van der Waals surface area contributed by atoms with Crippen molar-refractivity contribution in [1.29, 1.82) is 0 Å².